The number of carbonyl (C=O) groups excluding carboxylic acids is 1. The summed E-state index contributed by atoms with van der Waals surface area (Å²) in [7, 11) is 1.61. The average molecular weight is 334 g/mol. The Balaban J connectivity index is 1.95. The molecule has 2 rings (SSSR count). The fourth-order valence-corrected chi connectivity index (χ4v) is 2.39. The van der Waals surface area contributed by atoms with Crippen molar-refractivity contribution >= 4 is 17.5 Å². The summed E-state index contributed by atoms with van der Waals surface area (Å²) in [5.74, 6) is 1.20. The highest BCUT2D eigenvalue weighted by molar-refractivity contribution is 6.30. The number of aryl methyl sites for hydroxylation is 1. The molecule has 0 aliphatic heterocycles. The second kappa shape index (κ2) is 7.88. The van der Waals surface area contributed by atoms with Crippen LogP contribution in [0.4, 0.5) is 0 Å². The lowest BCUT2D eigenvalue weighted by Crippen LogP contribution is -2.36. The molecule has 0 radical (unpaired) electrons. The summed E-state index contributed by atoms with van der Waals surface area (Å²) in [6, 6.07) is 12.9. The fourth-order valence-electron chi connectivity index (χ4n) is 2.16. The van der Waals surface area contributed by atoms with E-state index in [1.54, 1.807) is 32.2 Å². The summed E-state index contributed by atoms with van der Waals surface area (Å²) in [6.45, 7) is 3.99. The predicted octanol–water partition coefficient (Wildman–Crippen LogP) is 3.74. The summed E-state index contributed by atoms with van der Waals surface area (Å²) in [5, 5.41) is 3.50. The summed E-state index contributed by atoms with van der Waals surface area (Å²) in [4.78, 5) is 12.2. The highest BCUT2D eigenvalue weighted by Gasteiger charge is 2.16. The molecule has 2 aromatic rings. The van der Waals surface area contributed by atoms with Crippen LogP contribution in [0, 0.1) is 6.92 Å². The number of nitrogens with one attached hydrogen (secondary N) is 1. The van der Waals surface area contributed by atoms with Gasteiger partial charge in [-0.05, 0) is 43.7 Å². The number of ether oxygens (including phenoxy) is 2. The Morgan fingerprint density at radius 2 is 1.96 bits per heavy atom. The molecule has 0 bridgehead atoms. The van der Waals surface area contributed by atoms with Gasteiger partial charge in [0.15, 0.2) is 6.10 Å². The van der Waals surface area contributed by atoms with Crippen LogP contribution in [0.1, 0.15) is 18.1 Å². The Kier molecular flexibility index (Phi) is 5.88. The monoisotopic (exact) mass is 333 g/mol. The molecule has 23 heavy (non-hydrogen) atoms. The van der Waals surface area contributed by atoms with Crippen LogP contribution in [-0.4, -0.2) is 19.1 Å². The number of hydrogen-bond donors (Lipinski definition) is 1. The van der Waals surface area contributed by atoms with E-state index in [1.165, 1.54) is 0 Å². The van der Waals surface area contributed by atoms with Gasteiger partial charge in [-0.25, -0.2) is 0 Å². The second-order valence-electron chi connectivity index (χ2n) is 5.20. The second-order valence-corrected chi connectivity index (χ2v) is 5.64. The molecule has 0 saturated carbocycles. The molecule has 1 amide bonds. The molecule has 0 aliphatic rings. The minimum absolute atomic E-state index is 0.190. The van der Waals surface area contributed by atoms with Crippen molar-refractivity contribution < 1.29 is 14.3 Å². The lowest BCUT2D eigenvalue weighted by molar-refractivity contribution is -0.127. The first-order valence-corrected chi connectivity index (χ1v) is 7.71. The first-order valence-electron chi connectivity index (χ1n) is 7.33. The van der Waals surface area contributed by atoms with E-state index < -0.39 is 6.10 Å². The van der Waals surface area contributed by atoms with Crippen molar-refractivity contribution in [2.24, 2.45) is 0 Å². The minimum atomic E-state index is -0.607. The molecule has 0 spiro atoms. The number of benzene rings is 2. The third-order valence-electron chi connectivity index (χ3n) is 3.46. The third kappa shape index (κ3) is 4.63. The fraction of sp³-hybridized carbons (Fsp3) is 0.278. The van der Waals surface area contributed by atoms with Crippen molar-refractivity contribution in [1.29, 1.82) is 0 Å². The molecule has 1 unspecified atom stereocenters. The Morgan fingerprint density at radius 1 is 1.22 bits per heavy atom. The SMILES string of the molecule is COc1ccccc1CNC(=O)C(C)Oc1ccc(Cl)cc1C. The maximum atomic E-state index is 12.2. The third-order valence-corrected chi connectivity index (χ3v) is 3.69. The Hall–Kier alpha value is -2.20. The maximum absolute atomic E-state index is 12.2. The van der Waals surface area contributed by atoms with Gasteiger partial charge in [0.1, 0.15) is 11.5 Å². The predicted molar refractivity (Wildman–Crippen MR) is 91.1 cm³/mol. The molecule has 2 aromatic carbocycles. The summed E-state index contributed by atoms with van der Waals surface area (Å²) in [6.07, 6.45) is -0.607. The largest absolute Gasteiger partial charge is 0.496 e. The Bertz CT molecular complexity index is 688. The zero-order valence-corrected chi connectivity index (χ0v) is 14.2. The van der Waals surface area contributed by atoms with Crippen LogP contribution in [0.3, 0.4) is 0 Å². The highest BCUT2D eigenvalue weighted by atomic mass is 35.5. The molecular weight excluding hydrogens is 314 g/mol. The topological polar surface area (TPSA) is 47.6 Å². The van der Waals surface area contributed by atoms with Crippen LogP contribution in [0.5, 0.6) is 11.5 Å². The highest BCUT2D eigenvalue weighted by Crippen LogP contribution is 2.23. The van der Waals surface area contributed by atoms with Gasteiger partial charge in [-0.2, -0.15) is 0 Å². The van der Waals surface area contributed by atoms with E-state index in [0.29, 0.717) is 17.3 Å². The summed E-state index contributed by atoms with van der Waals surface area (Å²) in [5.41, 5.74) is 1.81. The summed E-state index contributed by atoms with van der Waals surface area (Å²) >= 11 is 5.92. The Morgan fingerprint density at radius 3 is 2.65 bits per heavy atom. The number of hydrogen-bond acceptors (Lipinski definition) is 3. The number of halogens is 1. The van der Waals surface area contributed by atoms with Crippen LogP contribution in [-0.2, 0) is 11.3 Å². The quantitative estimate of drug-likeness (QED) is 0.876. The number of rotatable bonds is 6. The van der Waals surface area contributed by atoms with Crippen molar-refractivity contribution in [3.63, 3.8) is 0 Å². The maximum Gasteiger partial charge on any atom is 0.261 e. The van der Waals surface area contributed by atoms with Crippen molar-refractivity contribution in [3.8, 4) is 11.5 Å². The van der Waals surface area contributed by atoms with Crippen molar-refractivity contribution in [2.75, 3.05) is 7.11 Å². The number of para-hydroxylation sites is 1. The van der Waals surface area contributed by atoms with E-state index in [9.17, 15) is 4.79 Å². The van der Waals surface area contributed by atoms with Gasteiger partial charge in [-0.15, -0.1) is 0 Å². The van der Waals surface area contributed by atoms with E-state index >= 15 is 0 Å². The van der Waals surface area contributed by atoms with Crippen molar-refractivity contribution in [2.45, 2.75) is 26.5 Å². The van der Waals surface area contributed by atoms with Gasteiger partial charge >= 0.3 is 0 Å². The molecular formula is C18H20ClNO3. The zero-order valence-electron chi connectivity index (χ0n) is 13.4. The molecule has 0 heterocycles. The first-order chi connectivity index (χ1) is 11.0. The van der Waals surface area contributed by atoms with E-state index in [4.69, 9.17) is 21.1 Å². The van der Waals surface area contributed by atoms with Crippen LogP contribution >= 0.6 is 11.6 Å². The van der Waals surface area contributed by atoms with Gasteiger partial charge in [-0.3, -0.25) is 4.79 Å². The lowest BCUT2D eigenvalue weighted by Gasteiger charge is -2.17. The molecule has 4 nitrogen and oxygen atoms in total. The van der Waals surface area contributed by atoms with Crippen LogP contribution in [0.25, 0.3) is 0 Å². The van der Waals surface area contributed by atoms with Gasteiger partial charge in [0.2, 0.25) is 0 Å². The Labute approximate surface area is 141 Å². The van der Waals surface area contributed by atoms with Crippen LogP contribution in [0.2, 0.25) is 5.02 Å². The standard InChI is InChI=1S/C18H20ClNO3/c1-12-10-15(19)8-9-16(12)23-13(2)18(21)20-11-14-6-4-5-7-17(14)22-3/h4-10,13H,11H2,1-3H3,(H,20,21). The average Bonchev–Trinajstić information content (AvgIpc) is 2.55. The van der Waals surface area contributed by atoms with Crippen molar-refractivity contribution in [1.82, 2.24) is 5.32 Å². The van der Waals surface area contributed by atoms with E-state index in [1.807, 2.05) is 31.2 Å². The van der Waals surface area contributed by atoms with Crippen LogP contribution in [0.15, 0.2) is 42.5 Å². The van der Waals surface area contributed by atoms with Gasteiger partial charge in [-0.1, -0.05) is 29.8 Å². The molecule has 1 atom stereocenters. The van der Waals surface area contributed by atoms with Gasteiger partial charge in [0, 0.05) is 17.1 Å². The number of methoxy groups -OCH3 is 1. The molecule has 0 aliphatic carbocycles. The van der Waals surface area contributed by atoms with E-state index in [0.717, 1.165) is 16.9 Å². The van der Waals surface area contributed by atoms with Crippen LogP contribution < -0.4 is 14.8 Å². The molecule has 5 heteroatoms. The molecule has 0 aromatic heterocycles. The van der Waals surface area contributed by atoms with E-state index in [2.05, 4.69) is 5.32 Å². The normalized spacial score (nSPS) is 11.7. The number of amides is 1. The molecule has 0 fully saturated rings. The van der Waals surface area contributed by atoms with Gasteiger partial charge < -0.3 is 14.8 Å². The lowest BCUT2D eigenvalue weighted by atomic mass is 10.2. The van der Waals surface area contributed by atoms with Crippen molar-refractivity contribution in [3.05, 3.63) is 58.6 Å². The molecule has 1 N–H and O–H groups in total. The molecule has 122 valence electrons. The van der Waals surface area contributed by atoms with Gasteiger partial charge in [0.05, 0.1) is 7.11 Å². The minimum Gasteiger partial charge on any atom is -0.496 e. The molecule has 0 saturated heterocycles. The van der Waals surface area contributed by atoms with E-state index in [-0.39, 0.29) is 5.91 Å². The van der Waals surface area contributed by atoms with Gasteiger partial charge in [0.25, 0.3) is 5.91 Å². The first kappa shape index (κ1) is 17.2. The smallest absolute Gasteiger partial charge is 0.261 e. The zero-order chi connectivity index (χ0) is 16.8. The summed E-state index contributed by atoms with van der Waals surface area (Å²) < 4.78 is 11.0. The number of carbonyl (C=O) groups is 1.